The van der Waals surface area contributed by atoms with Gasteiger partial charge in [0.25, 0.3) is 0 Å². The van der Waals surface area contributed by atoms with E-state index in [1.54, 1.807) is 0 Å². The van der Waals surface area contributed by atoms with Crippen molar-refractivity contribution in [1.29, 1.82) is 0 Å². The normalized spacial score (nSPS) is 20.0. The SMILES string of the molecule is O=C1[C@H](Sc2nnnn2CC(F)(F)F)CCN1CC(F)(F)F. The lowest BCUT2D eigenvalue weighted by Crippen LogP contribution is -2.36. The lowest BCUT2D eigenvalue weighted by Gasteiger charge is -2.18. The van der Waals surface area contributed by atoms with Crippen LogP contribution in [0.5, 0.6) is 0 Å². The molecular weight excluding hydrogens is 340 g/mol. The Labute approximate surface area is 123 Å². The van der Waals surface area contributed by atoms with Crippen LogP contribution in [0.1, 0.15) is 6.42 Å². The molecule has 0 spiro atoms. The summed E-state index contributed by atoms with van der Waals surface area (Å²) in [5.74, 6) is -0.788. The van der Waals surface area contributed by atoms with Crippen molar-refractivity contribution in [1.82, 2.24) is 25.1 Å². The molecule has 2 rings (SSSR count). The van der Waals surface area contributed by atoms with E-state index in [2.05, 4.69) is 15.5 Å². The zero-order chi connectivity index (χ0) is 16.5. The summed E-state index contributed by atoms with van der Waals surface area (Å²) >= 11 is 0.631. The first kappa shape index (κ1) is 16.8. The first-order valence-corrected chi connectivity index (χ1v) is 6.78. The van der Waals surface area contributed by atoms with Gasteiger partial charge in [-0.05, 0) is 16.8 Å². The molecule has 1 aliphatic heterocycles. The summed E-state index contributed by atoms with van der Waals surface area (Å²) in [6.07, 6.45) is -8.99. The second-order valence-electron chi connectivity index (χ2n) is 4.50. The Bertz CT molecular complexity index is 543. The molecule has 13 heteroatoms. The summed E-state index contributed by atoms with van der Waals surface area (Å²) in [7, 11) is 0. The number of halogens is 6. The van der Waals surface area contributed by atoms with Crippen LogP contribution >= 0.6 is 11.8 Å². The van der Waals surface area contributed by atoms with Crippen molar-refractivity contribution >= 4 is 17.7 Å². The van der Waals surface area contributed by atoms with Crippen molar-refractivity contribution in [2.24, 2.45) is 0 Å². The number of hydrogen-bond acceptors (Lipinski definition) is 5. The van der Waals surface area contributed by atoms with Crippen LogP contribution in [0.3, 0.4) is 0 Å². The zero-order valence-electron chi connectivity index (χ0n) is 10.7. The van der Waals surface area contributed by atoms with Gasteiger partial charge in [0.15, 0.2) is 0 Å². The van der Waals surface area contributed by atoms with E-state index in [4.69, 9.17) is 0 Å². The molecule has 0 saturated carbocycles. The predicted molar refractivity (Wildman–Crippen MR) is 60.8 cm³/mol. The van der Waals surface area contributed by atoms with Gasteiger partial charge in [-0.15, -0.1) is 5.10 Å². The molecule has 1 atom stereocenters. The smallest absolute Gasteiger partial charge is 0.333 e. The van der Waals surface area contributed by atoms with Gasteiger partial charge in [0.2, 0.25) is 11.1 Å². The zero-order valence-corrected chi connectivity index (χ0v) is 11.5. The predicted octanol–water partition coefficient (Wildman–Crippen LogP) is 1.49. The number of tetrazole rings is 1. The Hall–Kier alpha value is -1.53. The van der Waals surface area contributed by atoms with E-state index >= 15 is 0 Å². The van der Waals surface area contributed by atoms with Crippen LogP contribution < -0.4 is 0 Å². The second-order valence-corrected chi connectivity index (χ2v) is 5.67. The monoisotopic (exact) mass is 349 g/mol. The molecule has 1 aromatic heterocycles. The van der Waals surface area contributed by atoms with Crippen molar-refractivity contribution in [2.45, 2.75) is 35.7 Å². The maximum atomic E-state index is 12.3. The van der Waals surface area contributed by atoms with Gasteiger partial charge in [0, 0.05) is 6.54 Å². The number of aromatic nitrogens is 4. The van der Waals surface area contributed by atoms with E-state index in [1.165, 1.54) is 0 Å². The minimum Gasteiger partial charge on any atom is -0.333 e. The summed E-state index contributed by atoms with van der Waals surface area (Å²) < 4.78 is 74.2. The van der Waals surface area contributed by atoms with Crippen molar-refractivity contribution in [2.75, 3.05) is 13.1 Å². The first-order valence-electron chi connectivity index (χ1n) is 5.90. The van der Waals surface area contributed by atoms with Crippen LogP contribution in [0.15, 0.2) is 5.16 Å². The minimum absolute atomic E-state index is 0.0818. The summed E-state index contributed by atoms with van der Waals surface area (Å²) in [4.78, 5) is 12.4. The van der Waals surface area contributed by atoms with Crippen LogP contribution in [0, 0.1) is 0 Å². The fourth-order valence-corrected chi connectivity index (χ4v) is 2.90. The van der Waals surface area contributed by atoms with Crippen molar-refractivity contribution < 1.29 is 31.1 Å². The van der Waals surface area contributed by atoms with Gasteiger partial charge >= 0.3 is 12.4 Å². The number of thioether (sulfide) groups is 1. The number of carbonyl (C=O) groups excluding carboxylic acids is 1. The van der Waals surface area contributed by atoms with Crippen LogP contribution in [0.25, 0.3) is 0 Å². The van der Waals surface area contributed by atoms with Crippen LogP contribution in [0.2, 0.25) is 0 Å². The van der Waals surface area contributed by atoms with Crippen LogP contribution in [-0.4, -0.2) is 61.7 Å². The first-order chi connectivity index (χ1) is 10.1. The second kappa shape index (κ2) is 5.93. The summed E-state index contributed by atoms with van der Waals surface area (Å²) in [5, 5.41) is 8.43. The van der Waals surface area contributed by atoms with E-state index in [9.17, 15) is 31.1 Å². The number of carbonyl (C=O) groups is 1. The Kier molecular flexibility index (Phi) is 4.54. The van der Waals surface area contributed by atoms with E-state index < -0.39 is 36.6 Å². The minimum atomic E-state index is -4.55. The average molecular weight is 349 g/mol. The Morgan fingerprint density at radius 2 is 1.77 bits per heavy atom. The van der Waals surface area contributed by atoms with Crippen LogP contribution in [-0.2, 0) is 11.3 Å². The molecule has 124 valence electrons. The molecule has 0 bridgehead atoms. The Morgan fingerprint density at radius 3 is 2.36 bits per heavy atom. The van der Waals surface area contributed by atoms with E-state index in [1.807, 2.05) is 0 Å². The number of amides is 1. The maximum absolute atomic E-state index is 12.3. The third kappa shape index (κ3) is 4.48. The highest BCUT2D eigenvalue weighted by atomic mass is 32.2. The molecule has 1 saturated heterocycles. The largest absolute Gasteiger partial charge is 0.408 e. The van der Waals surface area contributed by atoms with Gasteiger partial charge < -0.3 is 4.90 Å². The maximum Gasteiger partial charge on any atom is 0.408 e. The van der Waals surface area contributed by atoms with Gasteiger partial charge in [0.05, 0.1) is 5.25 Å². The van der Waals surface area contributed by atoms with E-state index in [-0.39, 0.29) is 18.1 Å². The van der Waals surface area contributed by atoms with Crippen molar-refractivity contribution in [3.05, 3.63) is 0 Å². The highest BCUT2D eigenvalue weighted by molar-refractivity contribution is 8.00. The van der Waals surface area contributed by atoms with Gasteiger partial charge in [-0.2, -0.15) is 26.3 Å². The highest BCUT2D eigenvalue weighted by Gasteiger charge is 2.40. The molecule has 0 N–H and O–H groups in total. The van der Waals surface area contributed by atoms with Gasteiger partial charge in [0.1, 0.15) is 13.1 Å². The fourth-order valence-electron chi connectivity index (χ4n) is 1.87. The number of nitrogens with zero attached hydrogens (tertiary/aromatic N) is 5. The number of likely N-dealkylation sites (tertiary alicyclic amines) is 1. The molecule has 0 aromatic carbocycles. The van der Waals surface area contributed by atoms with E-state index in [0.29, 0.717) is 21.3 Å². The quantitative estimate of drug-likeness (QED) is 0.771. The molecule has 6 nitrogen and oxygen atoms in total. The number of alkyl halides is 6. The topological polar surface area (TPSA) is 63.9 Å². The summed E-state index contributed by atoms with van der Waals surface area (Å²) in [6.45, 7) is -2.93. The molecule has 1 fully saturated rings. The third-order valence-corrected chi connectivity index (χ3v) is 3.92. The molecule has 0 aliphatic carbocycles. The van der Waals surface area contributed by atoms with Crippen molar-refractivity contribution in [3.8, 4) is 0 Å². The molecule has 1 aliphatic rings. The Balaban J connectivity index is 2.01. The number of hydrogen-bond donors (Lipinski definition) is 0. The van der Waals surface area contributed by atoms with E-state index in [0.717, 1.165) is 0 Å². The number of rotatable bonds is 4. The molecule has 1 aromatic rings. The lowest BCUT2D eigenvalue weighted by molar-refractivity contribution is -0.157. The molecule has 2 heterocycles. The third-order valence-electron chi connectivity index (χ3n) is 2.69. The van der Waals surface area contributed by atoms with Gasteiger partial charge in [-0.3, -0.25) is 4.79 Å². The lowest BCUT2D eigenvalue weighted by atomic mass is 10.4. The molecule has 0 unspecified atom stereocenters. The average Bonchev–Trinajstić information content (AvgIpc) is 2.87. The molecular formula is C9H9F6N5OS. The molecule has 22 heavy (non-hydrogen) atoms. The standard InChI is InChI=1S/C9H9F6N5OS/c10-8(11,12)3-19-2-1-5(6(19)21)22-7-16-17-18-20(7)4-9(13,14)15/h5H,1-4H2/t5-/m1/s1. The molecule has 0 radical (unpaired) electrons. The van der Waals surface area contributed by atoms with Crippen LogP contribution in [0.4, 0.5) is 26.3 Å². The molecule has 1 amide bonds. The Morgan fingerprint density at radius 1 is 1.14 bits per heavy atom. The summed E-state index contributed by atoms with van der Waals surface area (Å²) in [5.41, 5.74) is 0. The summed E-state index contributed by atoms with van der Waals surface area (Å²) in [6, 6.07) is 0. The highest BCUT2D eigenvalue weighted by Crippen LogP contribution is 2.31. The van der Waals surface area contributed by atoms with Gasteiger partial charge in [-0.25, -0.2) is 4.68 Å². The fraction of sp³-hybridized carbons (Fsp3) is 0.778. The van der Waals surface area contributed by atoms with Crippen molar-refractivity contribution in [3.63, 3.8) is 0 Å². The van der Waals surface area contributed by atoms with Gasteiger partial charge in [-0.1, -0.05) is 11.8 Å².